The minimum Gasteiger partial charge on any atom is -0.493 e. The zero-order valence-electron chi connectivity index (χ0n) is 17.8. The lowest BCUT2D eigenvalue weighted by Crippen LogP contribution is -2.27. The summed E-state index contributed by atoms with van der Waals surface area (Å²) in [5, 5.41) is 3.31. The molecule has 1 N–H and O–H groups in total. The molecule has 1 heterocycles. The van der Waals surface area contributed by atoms with Crippen LogP contribution in [0.1, 0.15) is 11.1 Å². The number of hydrogen-bond donors (Lipinski definition) is 1. The van der Waals surface area contributed by atoms with Gasteiger partial charge >= 0.3 is 0 Å². The van der Waals surface area contributed by atoms with Gasteiger partial charge in [-0.25, -0.2) is 0 Å². The maximum Gasteiger partial charge on any atom is 0.266 e. The van der Waals surface area contributed by atoms with Crippen LogP contribution in [0, 0.1) is 6.92 Å². The number of rotatable bonds is 8. The van der Waals surface area contributed by atoms with E-state index in [1.807, 2.05) is 13.0 Å². The van der Waals surface area contributed by atoms with Gasteiger partial charge in [0.25, 0.3) is 11.8 Å². The van der Waals surface area contributed by atoms with Gasteiger partial charge in [0.2, 0.25) is 0 Å². The molecule has 2 amide bonds. The number of benzene rings is 2. The number of hydrogen-bond acceptors (Lipinski definition) is 6. The molecule has 1 aliphatic heterocycles. The van der Waals surface area contributed by atoms with Crippen LogP contribution in [-0.2, 0) is 9.59 Å². The smallest absolute Gasteiger partial charge is 0.266 e. The Hall–Kier alpha value is -2.33. The van der Waals surface area contributed by atoms with Crippen molar-refractivity contribution in [1.82, 2.24) is 4.90 Å². The van der Waals surface area contributed by atoms with Crippen molar-refractivity contribution in [2.75, 3.05) is 25.6 Å². The fourth-order valence-corrected chi connectivity index (χ4v) is 4.98. The van der Waals surface area contributed by atoms with E-state index in [1.54, 1.807) is 36.4 Å². The SMILES string of the molecule is C=CCN1C(=O)/C(=C/c2cc(Br)c(OCC(=O)Nc3cc(Cl)ccc3C)c(OC)c2)SC1=S. The molecular formula is C23H20BrClN2O4S2. The number of aryl methyl sites for hydroxylation is 1. The van der Waals surface area contributed by atoms with Crippen molar-refractivity contribution in [1.29, 1.82) is 0 Å². The summed E-state index contributed by atoms with van der Waals surface area (Å²) in [7, 11) is 1.50. The normalized spacial score (nSPS) is 14.5. The van der Waals surface area contributed by atoms with Crippen molar-refractivity contribution in [2.24, 2.45) is 0 Å². The van der Waals surface area contributed by atoms with E-state index in [1.165, 1.54) is 23.8 Å². The van der Waals surface area contributed by atoms with Gasteiger partial charge < -0.3 is 14.8 Å². The predicted molar refractivity (Wildman–Crippen MR) is 141 cm³/mol. The monoisotopic (exact) mass is 566 g/mol. The fraction of sp³-hybridized carbons (Fsp3) is 0.174. The summed E-state index contributed by atoms with van der Waals surface area (Å²) in [5.74, 6) is 0.258. The number of anilines is 1. The van der Waals surface area contributed by atoms with Crippen molar-refractivity contribution in [3.8, 4) is 11.5 Å². The number of thioether (sulfide) groups is 1. The van der Waals surface area contributed by atoms with E-state index in [0.29, 0.717) is 48.0 Å². The zero-order valence-corrected chi connectivity index (χ0v) is 21.8. The van der Waals surface area contributed by atoms with Gasteiger partial charge in [0.1, 0.15) is 4.32 Å². The van der Waals surface area contributed by atoms with E-state index < -0.39 is 0 Å². The number of halogens is 2. The average molecular weight is 568 g/mol. The lowest BCUT2D eigenvalue weighted by Gasteiger charge is -2.14. The zero-order chi connectivity index (χ0) is 24.1. The highest BCUT2D eigenvalue weighted by Crippen LogP contribution is 2.39. The van der Waals surface area contributed by atoms with Gasteiger partial charge in [-0.1, -0.05) is 47.7 Å². The fourth-order valence-electron chi connectivity index (χ4n) is 2.95. The van der Waals surface area contributed by atoms with Crippen LogP contribution in [-0.4, -0.2) is 41.3 Å². The maximum atomic E-state index is 12.6. The lowest BCUT2D eigenvalue weighted by molar-refractivity contribution is -0.121. The first-order valence-corrected chi connectivity index (χ1v) is 12.1. The highest BCUT2D eigenvalue weighted by molar-refractivity contribution is 9.10. The number of ether oxygens (including phenoxy) is 2. The Bertz CT molecular complexity index is 1170. The summed E-state index contributed by atoms with van der Waals surface area (Å²) in [4.78, 5) is 27.0. The van der Waals surface area contributed by atoms with E-state index in [9.17, 15) is 9.59 Å². The second kappa shape index (κ2) is 11.2. The number of amides is 2. The molecule has 0 radical (unpaired) electrons. The van der Waals surface area contributed by atoms with E-state index in [-0.39, 0.29) is 18.4 Å². The second-order valence-electron chi connectivity index (χ2n) is 6.91. The van der Waals surface area contributed by atoms with Gasteiger partial charge in [-0.05, 0) is 64.3 Å². The molecule has 172 valence electrons. The molecule has 2 aromatic carbocycles. The van der Waals surface area contributed by atoms with Gasteiger partial charge in [-0.3, -0.25) is 14.5 Å². The number of methoxy groups -OCH3 is 1. The summed E-state index contributed by atoms with van der Waals surface area (Å²) in [6, 6.07) is 8.75. The summed E-state index contributed by atoms with van der Waals surface area (Å²) in [6.45, 7) is 5.65. The highest BCUT2D eigenvalue weighted by Gasteiger charge is 2.31. The molecule has 0 unspecified atom stereocenters. The van der Waals surface area contributed by atoms with Crippen LogP contribution < -0.4 is 14.8 Å². The minimum absolute atomic E-state index is 0.173. The standard InChI is InChI=1S/C23H20BrClN2O4S2/c1-4-7-27-22(29)19(33-23(27)32)10-14-8-16(24)21(18(9-14)30-3)31-12-20(28)26-17-11-15(25)6-5-13(17)2/h4-6,8-11H,1,7,12H2,2-3H3,(H,26,28)/b19-10-. The Morgan fingerprint density at radius 3 is 2.82 bits per heavy atom. The Morgan fingerprint density at radius 2 is 2.12 bits per heavy atom. The molecule has 1 aliphatic rings. The third-order valence-corrected chi connectivity index (χ3v) is 6.76. The number of carbonyl (C=O) groups is 2. The van der Waals surface area contributed by atoms with Crippen molar-refractivity contribution >= 4 is 79.4 Å². The number of nitrogens with zero attached hydrogens (tertiary/aromatic N) is 1. The van der Waals surface area contributed by atoms with Crippen molar-refractivity contribution < 1.29 is 19.1 Å². The largest absolute Gasteiger partial charge is 0.493 e. The van der Waals surface area contributed by atoms with Gasteiger partial charge in [-0.15, -0.1) is 6.58 Å². The average Bonchev–Trinajstić information content (AvgIpc) is 3.02. The first-order valence-electron chi connectivity index (χ1n) is 9.66. The van der Waals surface area contributed by atoms with Crippen LogP contribution in [0.4, 0.5) is 5.69 Å². The van der Waals surface area contributed by atoms with E-state index in [0.717, 1.165) is 5.56 Å². The molecule has 10 heteroatoms. The number of nitrogens with one attached hydrogen (secondary N) is 1. The molecule has 0 spiro atoms. The van der Waals surface area contributed by atoms with E-state index in [4.69, 9.17) is 33.3 Å². The number of thiocarbonyl (C=S) groups is 1. The van der Waals surface area contributed by atoms with Crippen LogP contribution >= 0.6 is 51.5 Å². The minimum atomic E-state index is -0.343. The van der Waals surface area contributed by atoms with Crippen LogP contribution in [0.2, 0.25) is 5.02 Å². The Balaban J connectivity index is 1.75. The van der Waals surface area contributed by atoms with Crippen molar-refractivity contribution in [3.63, 3.8) is 0 Å². The Kier molecular flexibility index (Phi) is 8.58. The topological polar surface area (TPSA) is 67.9 Å². The first-order chi connectivity index (χ1) is 15.7. The highest BCUT2D eigenvalue weighted by atomic mass is 79.9. The van der Waals surface area contributed by atoms with Crippen LogP contribution in [0.25, 0.3) is 6.08 Å². The maximum absolute atomic E-state index is 12.6. The van der Waals surface area contributed by atoms with Crippen molar-refractivity contribution in [3.05, 3.63) is 68.5 Å². The van der Waals surface area contributed by atoms with Gasteiger partial charge in [0, 0.05) is 17.3 Å². The van der Waals surface area contributed by atoms with Crippen LogP contribution in [0.15, 0.2) is 52.4 Å². The quantitative estimate of drug-likeness (QED) is 0.246. The lowest BCUT2D eigenvalue weighted by atomic mass is 10.2. The van der Waals surface area contributed by atoms with E-state index >= 15 is 0 Å². The molecular weight excluding hydrogens is 548 g/mol. The summed E-state index contributed by atoms with van der Waals surface area (Å²) < 4.78 is 12.2. The molecule has 0 bridgehead atoms. The molecule has 6 nitrogen and oxygen atoms in total. The third-order valence-electron chi connectivity index (χ3n) is 4.56. The number of carbonyl (C=O) groups excluding carboxylic acids is 2. The van der Waals surface area contributed by atoms with Crippen LogP contribution in [0.5, 0.6) is 11.5 Å². The molecule has 0 saturated carbocycles. The summed E-state index contributed by atoms with van der Waals surface area (Å²) >= 11 is 16.0. The molecule has 0 aliphatic carbocycles. The predicted octanol–water partition coefficient (Wildman–Crippen LogP) is 5.82. The molecule has 1 saturated heterocycles. The molecule has 0 atom stereocenters. The molecule has 0 aromatic heterocycles. The second-order valence-corrected chi connectivity index (χ2v) is 9.88. The van der Waals surface area contributed by atoms with E-state index in [2.05, 4.69) is 27.8 Å². The molecule has 33 heavy (non-hydrogen) atoms. The van der Waals surface area contributed by atoms with Crippen molar-refractivity contribution in [2.45, 2.75) is 6.92 Å². The van der Waals surface area contributed by atoms with Gasteiger partial charge in [-0.2, -0.15) is 0 Å². The summed E-state index contributed by atoms with van der Waals surface area (Å²) in [6.07, 6.45) is 3.36. The Labute approximate surface area is 215 Å². The van der Waals surface area contributed by atoms with Gasteiger partial charge in [0.05, 0.1) is 16.5 Å². The Morgan fingerprint density at radius 1 is 1.36 bits per heavy atom. The molecule has 2 aromatic rings. The third kappa shape index (κ3) is 6.17. The van der Waals surface area contributed by atoms with Gasteiger partial charge in [0.15, 0.2) is 18.1 Å². The molecule has 3 rings (SSSR count). The van der Waals surface area contributed by atoms with Crippen LogP contribution in [0.3, 0.4) is 0 Å². The summed E-state index contributed by atoms with van der Waals surface area (Å²) in [5.41, 5.74) is 2.21. The first kappa shape index (κ1) is 25.3. The molecule has 1 fully saturated rings.